The van der Waals surface area contributed by atoms with E-state index in [2.05, 4.69) is 5.32 Å². The summed E-state index contributed by atoms with van der Waals surface area (Å²) in [5.74, 6) is 1.06. The second-order valence-corrected chi connectivity index (χ2v) is 7.39. The summed E-state index contributed by atoms with van der Waals surface area (Å²) in [6, 6.07) is 14.0. The lowest BCUT2D eigenvalue weighted by Gasteiger charge is -2.29. The molecule has 8 nitrogen and oxygen atoms in total. The van der Waals surface area contributed by atoms with Gasteiger partial charge in [-0.15, -0.1) is 0 Å². The van der Waals surface area contributed by atoms with E-state index in [0.717, 1.165) is 18.0 Å². The zero-order chi connectivity index (χ0) is 21.1. The summed E-state index contributed by atoms with van der Waals surface area (Å²) >= 11 is 0. The van der Waals surface area contributed by atoms with Crippen molar-refractivity contribution >= 4 is 11.9 Å². The van der Waals surface area contributed by atoms with E-state index in [1.54, 1.807) is 38.5 Å². The fourth-order valence-corrected chi connectivity index (χ4v) is 4.00. The average Bonchev–Trinajstić information content (AvgIpc) is 3.05. The van der Waals surface area contributed by atoms with Crippen molar-refractivity contribution in [3.8, 4) is 11.5 Å². The summed E-state index contributed by atoms with van der Waals surface area (Å²) < 4.78 is 15.9. The number of hydrogen-bond acceptors (Lipinski definition) is 5. The van der Waals surface area contributed by atoms with Crippen molar-refractivity contribution in [2.45, 2.75) is 5.54 Å². The molecule has 0 unspecified atom stereocenters. The van der Waals surface area contributed by atoms with Gasteiger partial charge in [0.25, 0.3) is 5.91 Å². The van der Waals surface area contributed by atoms with Gasteiger partial charge in [0, 0.05) is 0 Å². The highest BCUT2D eigenvalue weighted by molar-refractivity contribution is 6.09. The molecule has 2 saturated heterocycles. The SMILES string of the molecule is COc1ccc(C2(c3ccc(OC)cc3)NC(=O)N(C[NH+]3CCOCC3)C2=O)cc1. The molecule has 2 N–H and O–H groups in total. The average molecular weight is 412 g/mol. The van der Waals surface area contributed by atoms with Crippen molar-refractivity contribution in [1.82, 2.24) is 10.2 Å². The Morgan fingerprint density at radius 2 is 1.43 bits per heavy atom. The Balaban J connectivity index is 1.74. The lowest BCUT2D eigenvalue weighted by molar-refractivity contribution is -0.915. The Morgan fingerprint density at radius 3 is 1.90 bits per heavy atom. The van der Waals surface area contributed by atoms with Crippen LogP contribution in [0, 0.1) is 0 Å². The summed E-state index contributed by atoms with van der Waals surface area (Å²) in [6.45, 7) is 3.08. The van der Waals surface area contributed by atoms with Gasteiger partial charge >= 0.3 is 6.03 Å². The molecule has 2 aliphatic rings. The van der Waals surface area contributed by atoms with Gasteiger partial charge in [0.15, 0.2) is 12.2 Å². The van der Waals surface area contributed by atoms with Crippen LogP contribution >= 0.6 is 0 Å². The molecule has 2 heterocycles. The van der Waals surface area contributed by atoms with Crippen LogP contribution in [0.4, 0.5) is 4.79 Å². The molecule has 2 fully saturated rings. The molecule has 0 spiro atoms. The monoisotopic (exact) mass is 412 g/mol. The maximum Gasteiger partial charge on any atom is 0.330 e. The van der Waals surface area contributed by atoms with Crippen molar-refractivity contribution in [3.63, 3.8) is 0 Å². The van der Waals surface area contributed by atoms with Crippen LogP contribution in [0.3, 0.4) is 0 Å². The Kier molecular flexibility index (Phi) is 5.61. The molecule has 2 aromatic rings. The van der Waals surface area contributed by atoms with Gasteiger partial charge in [0.2, 0.25) is 0 Å². The summed E-state index contributed by atoms with van der Waals surface area (Å²) in [5.41, 5.74) is 0.0408. The van der Waals surface area contributed by atoms with Crippen molar-refractivity contribution in [3.05, 3.63) is 59.7 Å². The molecule has 30 heavy (non-hydrogen) atoms. The molecule has 2 aliphatic heterocycles. The first-order chi connectivity index (χ1) is 14.6. The number of carbonyl (C=O) groups excluding carboxylic acids is 2. The van der Waals surface area contributed by atoms with Gasteiger partial charge in [-0.25, -0.2) is 9.69 Å². The molecule has 0 radical (unpaired) electrons. The second-order valence-electron chi connectivity index (χ2n) is 7.39. The largest absolute Gasteiger partial charge is 0.497 e. The predicted molar refractivity (Wildman–Crippen MR) is 109 cm³/mol. The Bertz CT molecular complexity index is 860. The molecule has 0 bridgehead atoms. The zero-order valence-electron chi connectivity index (χ0n) is 17.1. The van der Waals surface area contributed by atoms with Crippen LogP contribution in [0.2, 0.25) is 0 Å². The second kappa shape index (κ2) is 8.33. The minimum absolute atomic E-state index is 0.290. The van der Waals surface area contributed by atoms with Crippen LogP contribution in [0.25, 0.3) is 0 Å². The Labute approximate surface area is 175 Å². The number of rotatable bonds is 6. The highest BCUT2D eigenvalue weighted by Crippen LogP contribution is 2.37. The topological polar surface area (TPSA) is 81.5 Å². The van der Waals surface area contributed by atoms with Crippen LogP contribution < -0.4 is 19.7 Å². The van der Waals surface area contributed by atoms with Crippen molar-refractivity contribution in [2.24, 2.45) is 0 Å². The van der Waals surface area contributed by atoms with Crippen LogP contribution in [0.15, 0.2) is 48.5 Å². The van der Waals surface area contributed by atoms with E-state index in [-0.39, 0.29) is 5.91 Å². The highest BCUT2D eigenvalue weighted by Gasteiger charge is 2.54. The van der Waals surface area contributed by atoms with Crippen LogP contribution in [-0.4, -0.2) is 64.0 Å². The van der Waals surface area contributed by atoms with Gasteiger partial charge in [-0.05, 0) is 35.4 Å². The summed E-state index contributed by atoms with van der Waals surface area (Å²) in [6.07, 6.45) is 0. The standard InChI is InChI=1S/C22H25N3O5/c1-28-18-7-3-16(4-8-18)22(17-5-9-19(29-2)10-6-17)20(26)25(21(27)23-22)15-24-11-13-30-14-12-24/h3-10H,11-15H2,1-2H3,(H,23,27)/p+1. The number of methoxy groups -OCH3 is 2. The number of benzene rings is 2. The first-order valence-corrected chi connectivity index (χ1v) is 9.93. The van der Waals surface area contributed by atoms with Gasteiger partial charge < -0.3 is 24.4 Å². The summed E-state index contributed by atoms with van der Waals surface area (Å²) in [7, 11) is 3.17. The molecule has 2 aromatic carbocycles. The first kappa shape index (κ1) is 20.2. The minimum atomic E-state index is -1.30. The smallest absolute Gasteiger partial charge is 0.330 e. The maximum atomic E-state index is 13.8. The van der Waals surface area contributed by atoms with E-state index in [1.165, 1.54) is 4.90 Å². The maximum absolute atomic E-state index is 13.8. The fourth-order valence-electron chi connectivity index (χ4n) is 4.00. The summed E-state index contributed by atoms with van der Waals surface area (Å²) in [4.78, 5) is 29.2. The molecule has 0 aromatic heterocycles. The molecular weight excluding hydrogens is 386 g/mol. The third kappa shape index (κ3) is 3.48. The first-order valence-electron chi connectivity index (χ1n) is 9.93. The number of imide groups is 1. The van der Waals surface area contributed by atoms with Gasteiger partial charge in [-0.2, -0.15) is 0 Å². The van der Waals surface area contributed by atoms with E-state index in [9.17, 15) is 9.59 Å². The van der Waals surface area contributed by atoms with Crippen LogP contribution in [0.1, 0.15) is 11.1 Å². The minimum Gasteiger partial charge on any atom is -0.497 e. The molecular formula is C22H26N3O5+. The van der Waals surface area contributed by atoms with E-state index in [1.807, 2.05) is 24.3 Å². The molecule has 0 atom stereocenters. The Morgan fingerprint density at radius 1 is 0.933 bits per heavy atom. The normalized spacial score (nSPS) is 18.9. The predicted octanol–water partition coefficient (Wildman–Crippen LogP) is 0.372. The molecule has 158 valence electrons. The van der Waals surface area contributed by atoms with Crippen LogP contribution in [0.5, 0.6) is 11.5 Å². The quantitative estimate of drug-likeness (QED) is 0.671. The molecule has 0 saturated carbocycles. The van der Waals surface area contributed by atoms with E-state index < -0.39 is 11.6 Å². The number of ether oxygens (including phenoxy) is 3. The zero-order valence-corrected chi connectivity index (χ0v) is 17.1. The fraction of sp³-hybridized carbons (Fsp3) is 0.364. The van der Waals surface area contributed by atoms with E-state index >= 15 is 0 Å². The van der Waals surface area contributed by atoms with E-state index in [0.29, 0.717) is 42.5 Å². The number of nitrogens with zero attached hydrogens (tertiary/aromatic N) is 1. The molecule has 0 aliphatic carbocycles. The number of morpholine rings is 1. The number of urea groups is 1. The van der Waals surface area contributed by atoms with Crippen LogP contribution in [-0.2, 0) is 15.1 Å². The van der Waals surface area contributed by atoms with Crippen molar-refractivity contribution in [1.29, 1.82) is 0 Å². The highest BCUT2D eigenvalue weighted by atomic mass is 16.5. The third-order valence-corrected chi connectivity index (χ3v) is 5.73. The molecule has 3 amide bonds. The van der Waals surface area contributed by atoms with Gasteiger partial charge in [-0.3, -0.25) is 4.79 Å². The number of carbonyl (C=O) groups is 2. The van der Waals surface area contributed by atoms with Gasteiger partial charge in [0.05, 0.1) is 27.4 Å². The Hall–Kier alpha value is -3.10. The number of quaternary nitrogens is 1. The number of amides is 3. The van der Waals surface area contributed by atoms with E-state index in [4.69, 9.17) is 14.2 Å². The molecule has 4 rings (SSSR count). The number of nitrogens with one attached hydrogen (secondary N) is 2. The lowest BCUT2D eigenvalue weighted by atomic mass is 9.82. The molecule has 8 heteroatoms. The van der Waals surface area contributed by atoms with Crippen molar-refractivity contribution in [2.75, 3.05) is 47.2 Å². The third-order valence-electron chi connectivity index (χ3n) is 5.73. The van der Waals surface area contributed by atoms with Crippen molar-refractivity contribution < 1.29 is 28.7 Å². The summed E-state index contributed by atoms with van der Waals surface area (Å²) in [5, 5.41) is 2.98. The van der Waals surface area contributed by atoms with Gasteiger partial charge in [-0.1, -0.05) is 24.3 Å². The lowest BCUT2D eigenvalue weighted by Crippen LogP contribution is -3.15. The number of hydrogen-bond donors (Lipinski definition) is 2. The van der Waals surface area contributed by atoms with Gasteiger partial charge in [0.1, 0.15) is 24.6 Å².